The molecule has 0 saturated carbocycles. The lowest BCUT2D eigenvalue weighted by atomic mass is 9.99. The van der Waals surface area contributed by atoms with Crippen molar-refractivity contribution < 1.29 is 33.5 Å². The number of hydrogen-bond acceptors (Lipinski definition) is 6. The molecule has 0 fully saturated rings. The van der Waals surface area contributed by atoms with Crippen molar-refractivity contribution in [3.05, 3.63) is 65.2 Å². The first-order valence-corrected chi connectivity index (χ1v) is 8.99. The van der Waals surface area contributed by atoms with Gasteiger partial charge in [0.1, 0.15) is 12.2 Å². The number of rotatable bonds is 2. The van der Waals surface area contributed by atoms with Gasteiger partial charge in [0.2, 0.25) is 0 Å². The molecule has 1 unspecified atom stereocenters. The van der Waals surface area contributed by atoms with Gasteiger partial charge in [0, 0.05) is 0 Å². The first-order valence-electron chi connectivity index (χ1n) is 7.76. The van der Waals surface area contributed by atoms with Crippen LogP contribution in [-0.2, 0) is 13.0 Å². The minimum Gasteiger partial charge on any atom is -0.290 e. The largest absolute Gasteiger partial charge is 0.290 e. The van der Waals surface area contributed by atoms with Gasteiger partial charge >= 0.3 is 0 Å². The van der Waals surface area contributed by atoms with Crippen molar-refractivity contribution in [1.29, 1.82) is 5.26 Å². The highest BCUT2D eigenvalue weighted by molar-refractivity contribution is 5.80. The molecule has 26 heavy (non-hydrogen) atoms. The lowest BCUT2D eigenvalue weighted by Crippen LogP contribution is -2.68. The summed E-state index contributed by atoms with van der Waals surface area (Å²) >= 11 is 0. The highest BCUT2D eigenvalue weighted by Gasteiger charge is 2.21. The maximum absolute atomic E-state index is 8.97. The quantitative estimate of drug-likeness (QED) is 0.620. The maximum Gasteiger partial charge on any atom is 0.252 e. The van der Waals surface area contributed by atoms with Crippen LogP contribution in [0.5, 0.6) is 0 Å². The predicted octanol–water partition coefficient (Wildman–Crippen LogP) is -1.68. The Labute approximate surface area is 153 Å². The van der Waals surface area contributed by atoms with Gasteiger partial charge in [0.15, 0.2) is 0 Å². The van der Waals surface area contributed by atoms with Crippen molar-refractivity contribution in [3.63, 3.8) is 0 Å². The van der Waals surface area contributed by atoms with Gasteiger partial charge in [-0.25, -0.2) is 23.2 Å². The van der Waals surface area contributed by atoms with E-state index in [-0.39, 0.29) is 5.92 Å². The molecule has 0 bridgehead atoms. The molecule has 0 saturated heterocycles. The topological polar surface area (TPSA) is 145 Å². The van der Waals surface area contributed by atoms with E-state index >= 15 is 0 Å². The molecule has 0 radical (unpaired) electrons. The molecule has 136 valence electrons. The van der Waals surface area contributed by atoms with Crippen molar-refractivity contribution >= 4 is 11.5 Å². The van der Waals surface area contributed by atoms with Gasteiger partial charge in [-0.1, -0.05) is 36.4 Å². The molecule has 2 aromatic rings. The fourth-order valence-electron chi connectivity index (χ4n) is 2.72. The van der Waals surface area contributed by atoms with E-state index < -0.39 is 10.2 Å². The molecule has 7 nitrogen and oxygen atoms in total. The van der Waals surface area contributed by atoms with Gasteiger partial charge in [0.25, 0.3) is 5.84 Å². The SMILES string of the molecule is CC(C#N)c1ccc([N+]2=C(N)Cc3ccccc3C2)cc1.[O-][Cl+3]([O-])([O-])[O-]. The second-order valence-corrected chi connectivity index (χ2v) is 6.60. The number of amidine groups is 1. The van der Waals surface area contributed by atoms with Crippen molar-refractivity contribution in [1.82, 2.24) is 0 Å². The van der Waals surface area contributed by atoms with Crippen LogP contribution >= 0.6 is 0 Å². The summed E-state index contributed by atoms with van der Waals surface area (Å²) in [6.07, 6.45) is 0.784. The van der Waals surface area contributed by atoms with Crippen LogP contribution in [0.2, 0.25) is 0 Å². The summed E-state index contributed by atoms with van der Waals surface area (Å²) in [7, 11) is -4.94. The minimum atomic E-state index is -4.94. The summed E-state index contributed by atoms with van der Waals surface area (Å²) in [6, 6.07) is 18.8. The molecule has 3 rings (SSSR count). The van der Waals surface area contributed by atoms with Gasteiger partial charge in [-0.3, -0.25) is 5.73 Å². The molecule has 1 aliphatic rings. The van der Waals surface area contributed by atoms with Crippen LogP contribution < -0.4 is 24.4 Å². The average Bonchev–Trinajstić information content (AvgIpc) is 2.59. The lowest BCUT2D eigenvalue weighted by molar-refractivity contribution is -2.00. The zero-order chi connectivity index (χ0) is 19.3. The second-order valence-electron chi connectivity index (χ2n) is 5.84. The van der Waals surface area contributed by atoms with E-state index in [1.54, 1.807) is 0 Å². The van der Waals surface area contributed by atoms with Crippen molar-refractivity contribution in [3.8, 4) is 6.07 Å². The molecule has 0 amide bonds. The van der Waals surface area contributed by atoms with Crippen LogP contribution in [0.1, 0.15) is 29.5 Å². The monoisotopic (exact) mass is 375 g/mol. The molecule has 1 aliphatic heterocycles. The van der Waals surface area contributed by atoms with Crippen LogP contribution in [-0.4, -0.2) is 10.4 Å². The highest BCUT2D eigenvalue weighted by Crippen LogP contribution is 2.24. The van der Waals surface area contributed by atoms with E-state index in [2.05, 4.69) is 34.9 Å². The van der Waals surface area contributed by atoms with Gasteiger partial charge in [-0.2, -0.15) is 5.26 Å². The zero-order valence-corrected chi connectivity index (χ0v) is 14.8. The van der Waals surface area contributed by atoms with E-state index in [0.29, 0.717) is 0 Å². The summed E-state index contributed by atoms with van der Waals surface area (Å²) in [5.41, 5.74) is 11.0. The fourth-order valence-corrected chi connectivity index (χ4v) is 2.72. The third-order valence-electron chi connectivity index (χ3n) is 4.06. The smallest absolute Gasteiger partial charge is 0.252 e. The molecule has 1 atom stereocenters. The maximum atomic E-state index is 8.97. The first-order chi connectivity index (χ1) is 12.2. The van der Waals surface area contributed by atoms with Gasteiger partial charge in [-0.05, 0) is 35.7 Å². The molecule has 8 heteroatoms. The summed E-state index contributed by atoms with van der Waals surface area (Å²) in [6.45, 7) is 2.71. The summed E-state index contributed by atoms with van der Waals surface area (Å²) in [4.78, 5) is 0. The van der Waals surface area contributed by atoms with Crippen molar-refractivity contribution in [2.24, 2.45) is 5.73 Å². The van der Waals surface area contributed by atoms with Crippen molar-refractivity contribution in [2.75, 3.05) is 0 Å². The Bertz CT molecular complexity index is 833. The Kier molecular flexibility index (Phi) is 6.32. The number of benzene rings is 2. The normalized spacial score (nSPS) is 14.6. The van der Waals surface area contributed by atoms with E-state index in [4.69, 9.17) is 29.6 Å². The number of nitrogens with two attached hydrogens (primary N) is 1. The Morgan fingerprint density at radius 1 is 1.04 bits per heavy atom. The molecule has 0 spiro atoms. The van der Waals surface area contributed by atoms with Crippen LogP contribution in [0.3, 0.4) is 0 Å². The van der Waals surface area contributed by atoms with Crippen LogP contribution in [0.4, 0.5) is 5.69 Å². The number of nitrogens with zero attached hydrogens (tertiary/aromatic N) is 2. The van der Waals surface area contributed by atoms with Crippen LogP contribution in [0, 0.1) is 21.6 Å². The van der Waals surface area contributed by atoms with E-state index in [9.17, 15) is 0 Å². The van der Waals surface area contributed by atoms with Crippen LogP contribution in [0.25, 0.3) is 0 Å². The standard InChI is InChI=1S/C18H17N3.ClHO4/c1-13(11-19)14-6-8-17(9-7-14)21-12-16-5-3-2-4-15(16)10-18(21)20;2-1(3,4)5/h2-9,13,20H,10,12H2,1H3;(H,2,3,4,5). The van der Waals surface area contributed by atoms with Crippen molar-refractivity contribution in [2.45, 2.75) is 25.8 Å². The summed E-state index contributed by atoms with van der Waals surface area (Å²) < 4.78 is 36.1. The second kappa shape index (κ2) is 8.27. The van der Waals surface area contributed by atoms with E-state index in [1.807, 2.05) is 31.2 Å². The number of nitriles is 1. The number of hydrogen-bond donors (Lipinski definition) is 1. The molecule has 1 heterocycles. The molecule has 0 aliphatic carbocycles. The fraction of sp³-hybridized carbons (Fsp3) is 0.222. The molecule has 2 aromatic carbocycles. The Hall–Kier alpha value is -2.47. The number of halogens is 1. The van der Waals surface area contributed by atoms with Gasteiger partial charge in [-0.15, -0.1) is 10.2 Å². The van der Waals surface area contributed by atoms with Gasteiger partial charge < -0.3 is 0 Å². The van der Waals surface area contributed by atoms with E-state index in [0.717, 1.165) is 30.1 Å². The Balaban J connectivity index is 0.000000431. The summed E-state index contributed by atoms with van der Waals surface area (Å²) in [5.74, 6) is 0.789. The third kappa shape index (κ3) is 5.52. The lowest BCUT2D eigenvalue weighted by Gasteiger charge is -2.18. The van der Waals surface area contributed by atoms with Crippen LogP contribution in [0.15, 0.2) is 48.5 Å². The number of fused-ring (bicyclic) bond motifs is 1. The summed E-state index contributed by atoms with van der Waals surface area (Å²) in [5, 5.41) is 8.97. The Morgan fingerprint density at radius 3 is 2.12 bits per heavy atom. The molecule has 0 aromatic heterocycles. The predicted molar refractivity (Wildman–Crippen MR) is 83.4 cm³/mol. The Morgan fingerprint density at radius 2 is 1.58 bits per heavy atom. The first kappa shape index (κ1) is 19.8. The highest BCUT2D eigenvalue weighted by atomic mass is 35.7. The molecular weight excluding hydrogens is 358 g/mol. The molecular formula is C18H18ClN3O4. The average molecular weight is 376 g/mol. The third-order valence-corrected chi connectivity index (χ3v) is 4.06. The van der Waals surface area contributed by atoms with E-state index in [1.165, 1.54) is 11.1 Å². The zero-order valence-electron chi connectivity index (χ0n) is 14.1. The van der Waals surface area contributed by atoms with Gasteiger partial charge in [0.05, 0.1) is 18.4 Å². The molecule has 2 N–H and O–H groups in total. The minimum absolute atomic E-state index is 0.0811.